The minimum atomic E-state index is 0.315. The van der Waals surface area contributed by atoms with E-state index in [1.807, 2.05) is 11.8 Å². The minimum absolute atomic E-state index is 0.315. The van der Waals surface area contributed by atoms with E-state index in [9.17, 15) is 0 Å². The molecular weight excluding hydrogens is 260 g/mol. The molecule has 2 fully saturated rings. The van der Waals surface area contributed by atoms with Crippen molar-refractivity contribution in [3.8, 4) is 0 Å². The summed E-state index contributed by atoms with van der Waals surface area (Å²) < 4.78 is 5.53. The molecule has 0 saturated carbocycles. The molecule has 3 atom stereocenters. The van der Waals surface area contributed by atoms with E-state index < -0.39 is 0 Å². The molecule has 106 valence electrons. The molecule has 5 nitrogen and oxygen atoms in total. The largest absolute Gasteiger partial charge is 0.339 e. The van der Waals surface area contributed by atoms with Crippen LogP contribution in [0.15, 0.2) is 4.52 Å². The highest BCUT2D eigenvalue weighted by Crippen LogP contribution is 2.30. The van der Waals surface area contributed by atoms with Crippen LogP contribution in [0.3, 0.4) is 0 Å². The molecule has 3 heterocycles. The van der Waals surface area contributed by atoms with Gasteiger partial charge in [-0.2, -0.15) is 16.7 Å². The molecule has 2 saturated heterocycles. The van der Waals surface area contributed by atoms with E-state index >= 15 is 0 Å². The summed E-state index contributed by atoms with van der Waals surface area (Å²) in [6, 6.07) is 0.859. The Kier molecular flexibility index (Phi) is 4.10. The lowest BCUT2D eigenvalue weighted by Crippen LogP contribution is -2.35. The lowest BCUT2D eigenvalue weighted by Gasteiger charge is -2.29. The Labute approximate surface area is 118 Å². The number of rotatable bonds is 2. The SMILES string of the molecule is CC1CC(c2nc(C3CSCCN3C)no2)CCN1. The summed E-state index contributed by atoms with van der Waals surface area (Å²) >= 11 is 1.97. The number of hydrogen-bond donors (Lipinski definition) is 1. The molecule has 0 spiro atoms. The summed E-state index contributed by atoms with van der Waals surface area (Å²) in [5.41, 5.74) is 0. The van der Waals surface area contributed by atoms with Crippen LogP contribution in [-0.4, -0.2) is 52.7 Å². The van der Waals surface area contributed by atoms with Crippen molar-refractivity contribution in [2.75, 3.05) is 31.6 Å². The number of hydrogen-bond acceptors (Lipinski definition) is 6. The minimum Gasteiger partial charge on any atom is -0.339 e. The molecule has 0 bridgehead atoms. The van der Waals surface area contributed by atoms with Gasteiger partial charge in [-0.15, -0.1) is 0 Å². The molecule has 3 unspecified atom stereocenters. The molecule has 0 amide bonds. The van der Waals surface area contributed by atoms with Crippen molar-refractivity contribution in [2.24, 2.45) is 0 Å². The van der Waals surface area contributed by atoms with Crippen LogP contribution in [0.2, 0.25) is 0 Å². The van der Waals surface area contributed by atoms with Crippen LogP contribution in [0.25, 0.3) is 0 Å². The van der Waals surface area contributed by atoms with E-state index in [0.29, 0.717) is 18.0 Å². The topological polar surface area (TPSA) is 54.2 Å². The maximum Gasteiger partial charge on any atom is 0.229 e. The van der Waals surface area contributed by atoms with Crippen molar-refractivity contribution in [2.45, 2.75) is 37.8 Å². The number of aromatic nitrogens is 2. The van der Waals surface area contributed by atoms with Crippen LogP contribution >= 0.6 is 11.8 Å². The maximum atomic E-state index is 5.53. The molecular formula is C13H22N4OS. The van der Waals surface area contributed by atoms with Crippen molar-refractivity contribution < 1.29 is 4.52 Å². The average Bonchev–Trinajstić information content (AvgIpc) is 2.89. The van der Waals surface area contributed by atoms with Crippen molar-refractivity contribution in [1.29, 1.82) is 0 Å². The Bertz CT molecular complexity index is 425. The van der Waals surface area contributed by atoms with E-state index in [1.165, 1.54) is 5.75 Å². The molecule has 19 heavy (non-hydrogen) atoms. The average molecular weight is 282 g/mol. The summed E-state index contributed by atoms with van der Waals surface area (Å²) in [5.74, 6) is 4.41. The predicted molar refractivity (Wildman–Crippen MR) is 76.4 cm³/mol. The smallest absolute Gasteiger partial charge is 0.229 e. The van der Waals surface area contributed by atoms with E-state index in [4.69, 9.17) is 4.52 Å². The molecule has 0 aliphatic carbocycles. The molecule has 2 aliphatic heterocycles. The first kappa shape index (κ1) is 13.4. The molecule has 3 rings (SSSR count). The molecule has 0 radical (unpaired) electrons. The fourth-order valence-corrected chi connectivity index (χ4v) is 4.07. The van der Waals surface area contributed by atoms with Crippen molar-refractivity contribution >= 4 is 11.8 Å². The van der Waals surface area contributed by atoms with Crippen LogP contribution < -0.4 is 5.32 Å². The Hall–Kier alpha value is -0.590. The van der Waals surface area contributed by atoms with Crippen LogP contribution in [0, 0.1) is 0 Å². The fraction of sp³-hybridized carbons (Fsp3) is 0.846. The summed E-state index contributed by atoms with van der Waals surface area (Å²) in [4.78, 5) is 7.01. The van der Waals surface area contributed by atoms with Gasteiger partial charge in [0.25, 0.3) is 0 Å². The summed E-state index contributed by atoms with van der Waals surface area (Å²) in [6.45, 7) is 4.36. The number of thioether (sulfide) groups is 1. The van der Waals surface area contributed by atoms with Gasteiger partial charge in [0.2, 0.25) is 5.89 Å². The fourth-order valence-electron chi connectivity index (χ4n) is 2.86. The summed E-state index contributed by atoms with van der Waals surface area (Å²) in [5, 5.41) is 7.69. The normalized spacial score (nSPS) is 33.5. The predicted octanol–water partition coefficient (Wildman–Crippen LogP) is 1.64. The third-order valence-electron chi connectivity index (χ3n) is 4.12. The van der Waals surface area contributed by atoms with Gasteiger partial charge in [0.15, 0.2) is 5.82 Å². The van der Waals surface area contributed by atoms with Crippen LogP contribution in [0.5, 0.6) is 0 Å². The first-order chi connectivity index (χ1) is 9.24. The first-order valence-electron chi connectivity index (χ1n) is 7.09. The van der Waals surface area contributed by atoms with E-state index in [1.54, 1.807) is 0 Å². The van der Waals surface area contributed by atoms with Gasteiger partial charge in [-0.1, -0.05) is 5.16 Å². The van der Waals surface area contributed by atoms with Crippen molar-refractivity contribution in [3.63, 3.8) is 0 Å². The van der Waals surface area contributed by atoms with Gasteiger partial charge in [-0.25, -0.2) is 0 Å². The Morgan fingerprint density at radius 1 is 1.47 bits per heavy atom. The molecule has 1 aromatic rings. The molecule has 6 heteroatoms. The second-order valence-electron chi connectivity index (χ2n) is 5.64. The van der Waals surface area contributed by atoms with Gasteiger partial charge in [0.05, 0.1) is 6.04 Å². The zero-order valence-corrected chi connectivity index (χ0v) is 12.4. The van der Waals surface area contributed by atoms with Gasteiger partial charge in [0.1, 0.15) is 0 Å². The molecule has 0 aromatic carbocycles. The number of piperidine rings is 1. The van der Waals surface area contributed by atoms with E-state index in [2.05, 4.69) is 34.3 Å². The van der Waals surface area contributed by atoms with Crippen LogP contribution in [-0.2, 0) is 0 Å². The Balaban J connectivity index is 1.71. The zero-order chi connectivity index (χ0) is 13.2. The standard InChI is InChI=1S/C13H22N4OS/c1-9-7-10(3-4-14-9)13-15-12(16-18-13)11-8-19-6-5-17(11)2/h9-11,14H,3-8H2,1-2H3. The molecule has 1 N–H and O–H groups in total. The first-order valence-corrected chi connectivity index (χ1v) is 8.24. The third kappa shape index (κ3) is 2.95. The summed E-state index contributed by atoms with van der Waals surface area (Å²) in [6.07, 6.45) is 2.19. The van der Waals surface area contributed by atoms with Gasteiger partial charge >= 0.3 is 0 Å². The second kappa shape index (κ2) is 5.81. The van der Waals surface area contributed by atoms with Gasteiger partial charge in [0, 0.05) is 30.0 Å². The zero-order valence-electron chi connectivity index (χ0n) is 11.6. The van der Waals surface area contributed by atoms with Gasteiger partial charge in [-0.3, -0.25) is 4.90 Å². The van der Waals surface area contributed by atoms with Crippen LogP contribution in [0.4, 0.5) is 0 Å². The van der Waals surface area contributed by atoms with Crippen molar-refractivity contribution in [3.05, 3.63) is 11.7 Å². The van der Waals surface area contributed by atoms with Crippen molar-refractivity contribution in [1.82, 2.24) is 20.4 Å². The monoisotopic (exact) mass is 282 g/mol. The maximum absolute atomic E-state index is 5.53. The van der Waals surface area contributed by atoms with E-state index in [0.717, 1.165) is 43.4 Å². The van der Waals surface area contributed by atoms with E-state index in [-0.39, 0.29) is 0 Å². The van der Waals surface area contributed by atoms with Gasteiger partial charge < -0.3 is 9.84 Å². The lowest BCUT2D eigenvalue weighted by molar-refractivity contribution is 0.254. The highest BCUT2D eigenvalue weighted by Gasteiger charge is 2.29. The Morgan fingerprint density at radius 3 is 3.16 bits per heavy atom. The molecule has 2 aliphatic rings. The highest BCUT2D eigenvalue weighted by atomic mass is 32.2. The molecule has 1 aromatic heterocycles. The lowest BCUT2D eigenvalue weighted by atomic mass is 9.93. The highest BCUT2D eigenvalue weighted by molar-refractivity contribution is 7.99. The van der Waals surface area contributed by atoms with Gasteiger partial charge in [-0.05, 0) is 33.4 Å². The Morgan fingerprint density at radius 2 is 2.37 bits per heavy atom. The quantitative estimate of drug-likeness (QED) is 0.890. The second-order valence-corrected chi connectivity index (χ2v) is 6.79. The third-order valence-corrected chi connectivity index (χ3v) is 5.15. The number of nitrogens with zero attached hydrogens (tertiary/aromatic N) is 3. The van der Waals surface area contributed by atoms with Crippen LogP contribution in [0.1, 0.15) is 43.4 Å². The number of nitrogens with one attached hydrogen (secondary N) is 1. The summed E-state index contributed by atoms with van der Waals surface area (Å²) in [7, 11) is 2.15.